The Morgan fingerprint density at radius 1 is 0.897 bits per heavy atom. The molecule has 1 fully saturated rings. The third-order valence-electron chi connectivity index (χ3n) is 6.52. The zero-order valence-electron chi connectivity index (χ0n) is 21.2. The Bertz CT molecular complexity index is 1450. The summed E-state index contributed by atoms with van der Waals surface area (Å²) in [5.74, 6) is 0.847. The van der Waals surface area contributed by atoms with Gasteiger partial charge in [-0.2, -0.15) is 0 Å². The van der Waals surface area contributed by atoms with E-state index in [4.69, 9.17) is 9.47 Å². The molecule has 0 radical (unpaired) electrons. The number of nitrogens with one attached hydrogen (secondary N) is 1. The van der Waals surface area contributed by atoms with Gasteiger partial charge in [-0.15, -0.1) is 0 Å². The number of hydrogen-bond acceptors (Lipinski definition) is 4. The Balaban J connectivity index is 1.29. The molecule has 0 heterocycles. The first kappa shape index (κ1) is 26.5. The fraction of sp³-hybridized carbons (Fsp3) is 0.188. The number of ether oxygens (including phenoxy) is 2. The molecule has 39 heavy (non-hydrogen) atoms. The number of aliphatic carboxylic acids is 1. The largest absolute Gasteiger partial charge is 0.492 e. The number of hydrogen-bond donors (Lipinski definition) is 2. The molecule has 4 aromatic rings. The highest BCUT2D eigenvalue weighted by Gasteiger charge is 2.25. The lowest BCUT2D eigenvalue weighted by Gasteiger charge is -2.17. The molecule has 1 atom stereocenters. The molecular weight excluding hydrogens is 558 g/mol. The van der Waals surface area contributed by atoms with Crippen molar-refractivity contribution < 1.29 is 24.2 Å². The fourth-order valence-corrected chi connectivity index (χ4v) is 4.56. The number of benzene rings is 4. The maximum Gasteiger partial charge on any atom is 0.326 e. The number of carboxylic acids is 1. The molecule has 1 saturated carbocycles. The Labute approximate surface area is 235 Å². The van der Waals surface area contributed by atoms with Gasteiger partial charge < -0.3 is 19.9 Å². The Kier molecular flexibility index (Phi) is 8.27. The van der Waals surface area contributed by atoms with Crippen LogP contribution in [0, 0.1) is 5.92 Å². The smallest absolute Gasteiger partial charge is 0.326 e. The molecule has 1 aliphatic rings. The molecular formula is C32H28BrNO5. The molecule has 0 aromatic heterocycles. The van der Waals surface area contributed by atoms with Gasteiger partial charge in [0.05, 0.1) is 12.2 Å². The second kappa shape index (κ2) is 12.2. The van der Waals surface area contributed by atoms with E-state index in [1.165, 1.54) is 0 Å². The van der Waals surface area contributed by atoms with Gasteiger partial charge in [0.15, 0.2) is 0 Å². The van der Waals surface area contributed by atoms with E-state index in [1.807, 2.05) is 78.9 Å². The molecule has 5 rings (SSSR count). The number of carbonyl (C=O) groups excluding carboxylic acids is 1. The minimum atomic E-state index is -1.11. The Hall–Kier alpha value is -4.10. The van der Waals surface area contributed by atoms with E-state index in [-0.39, 0.29) is 6.42 Å². The van der Waals surface area contributed by atoms with Crippen LogP contribution in [0.15, 0.2) is 102 Å². The summed E-state index contributed by atoms with van der Waals surface area (Å²) in [6, 6.07) is 29.0. The van der Waals surface area contributed by atoms with Gasteiger partial charge in [0.25, 0.3) is 5.91 Å². The van der Waals surface area contributed by atoms with Gasteiger partial charge in [-0.05, 0) is 66.3 Å². The predicted molar refractivity (Wildman–Crippen MR) is 153 cm³/mol. The van der Waals surface area contributed by atoms with Gasteiger partial charge in [-0.25, -0.2) is 4.79 Å². The summed E-state index contributed by atoms with van der Waals surface area (Å²) < 4.78 is 12.7. The van der Waals surface area contributed by atoms with E-state index in [9.17, 15) is 14.7 Å². The summed E-state index contributed by atoms with van der Waals surface area (Å²) in [6.07, 6.45) is 2.39. The molecule has 1 unspecified atom stereocenters. The zero-order valence-corrected chi connectivity index (χ0v) is 22.8. The molecule has 0 bridgehead atoms. The van der Waals surface area contributed by atoms with E-state index in [0.717, 1.165) is 41.0 Å². The van der Waals surface area contributed by atoms with E-state index < -0.39 is 17.9 Å². The number of halogens is 1. The van der Waals surface area contributed by atoms with E-state index in [1.54, 1.807) is 18.2 Å². The standard InChI is InChI=1S/C32H28BrNO5/c33-24-16-17-29(38-20-22-10-11-22)27(19-24)31(35)34-28(32(36)37)18-21-12-14-23(15-13-21)26-8-4-5-9-30(26)39-25-6-2-1-3-7-25/h1-9,12-17,19,22,28H,10-11,18,20H2,(H,34,35)(H,36,37). The summed E-state index contributed by atoms with van der Waals surface area (Å²) in [7, 11) is 0. The summed E-state index contributed by atoms with van der Waals surface area (Å²) in [5.41, 5.74) is 2.95. The molecule has 0 saturated heterocycles. The Morgan fingerprint density at radius 2 is 1.62 bits per heavy atom. The molecule has 1 aliphatic carbocycles. The van der Waals surface area contributed by atoms with Gasteiger partial charge >= 0.3 is 5.97 Å². The van der Waals surface area contributed by atoms with E-state index in [0.29, 0.717) is 28.3 Å². The van der Waals surface area contributed by atoms with Crippen molar-refractivity contribution in [1.29, 1.82) is 0 Å². The van der Waals surface area contributed by atoms with Crippen molar-refractivity contribution in [2.45, 2.75) is 25.3 Å². The van der Waals surface area contributed by atoms with Crippen molar-refractivity contribution in [1.82, 2.24) is 5.32 Å². The van der Waals surface area contributed by atoms with Gasteiger partial charge in [0, 0.05) is 16.5 Å². The van der Waals surface area contributed by atoms with Crippen LogP contribution in [0.1, 0.15) is 28.8 Å². The van der Waals surface area contributed by atoms with Crippen LogP contribution >= 0.6 is 15.9 Å². The van der Waals surface area contributed by atoms with Gasteiger partial charge in [-0.3, -0.25) is 4.79 Å². The maximum atomic E-state index is 13.1. The summed E-state index contributed by atoms with van der Waals surface area (Å²) in [4.78, 5) is 25.2. The SMILES string of the molecule is O=C(NC(Cc1ccc(-c2ccccc2Oc2ccccc2)cc1)C(=O)O)c1cc(Br)ccc1OCC1CC1. The van der Waals surface area contributed by atoms with Crippen LogP contribution in [0.3, 0.4) is 0 Å². The van der Waals surface area contributed by atoms with Crippen molar-refractivity contribution in [3.63, 3.8) is 0 Å². The predicted octanol–water partition coefficient (Wildman–Crippen LogP) is 7.12. The highest BCUT2D eigenvalue weighted by molar-refractivity contribution is 9.10. The number of rotatable bonds is 11. The van der Waals surface area contributed by atoms with Gasteiger partial charge in [0.1, 0.15) is 23.3 Å². The minimum Gasteiger partial charge on any atom is -0.492 e. The Morgan fingerprint density at radius 3 is 2.33 bits per heavy atom. The summed E-state index contributed by atoms with van der Waals surface area (Å²) >= 11 is 3.39. The molecule has 0 aliphatic heterocycles. The van der Waals surface area contributed by atoms with Gasteiger partial charge in [-0.1, -0.05) is 76.6 Å². The third-order valence-corrected chi connectivity index (χ3v) is 7.02. The van der Waals surface area contributed by atoms with Crippen LogP contribution in [0.25, 0.3) is 11.1 Å². The lowest BCUT2D eigenvalue weighted by atomic mass is 9.99. The molecule has 1 amide bonds. The normalized spacial score (nSPS) is 13.4. The molecule has 198 valence electrons. The summed E-state index contributed by atoms with van der Waals surface area (Å²) in [5, 5.41) is 12.6. The number of para-hydroxylation sites is 2. The second-order valence-corrected chi connectivity index (χ2v) is 10.5. The average Bonchev–Trinajstić information content (AvgIpc) is 3.78. The maximum absolute atomic E-state index is 13.1. The monoisotopic (exact) mass is 585 g/mol. The van der Waals surface area contributed by atoms with E-state index >= 15 is 0 Å². The fourth-order valence-electron chi connectivity index (χ4n) is 4.20. The third kappa shape index (κ3) is 7.06. The first-order valence-corrected chi connectivity index (χ1v) is 13.6. The van der Waals surface area contributed by atoms with Crippen molar-refractivity contribution >= 4 is 27.8 Å². The molecule has 7 heteroatoms. The number of carboxylic acid groups (broad SMARTS) is 1. The second-order valence-electron chi connectivity index (χ2n) is 9.57. The highest BCUT2D eigenvalue weighted by atomic mass is 79.9. The molecule has 4 aromatic carbocycles. The van der Waals surface area contributed by atoms with Crippen molar-refractivity contribution in [2.75, 3.05) is 6.61 Å². The van der Waals surface area contributed by atoms with Crippen molar-refractivity contribution in [3.8, 4) is 28.4 Å². The highest BCUT2D eigenvalue weighted by Crippen LogP contribution is 2.34. The minimum absolute atomic E-state index is 0.135. The zero-order chi connectivity index (χ0) is 27.2. The van der Waals surface area contributed by atoms with Crippen LogP contribution in [0.2, 0.25) is 0 Å². The van der Waals surface area contributed by atoms with Crippen LogP contribution in [-0.4, -0.2) is 29.6 Å². The summed E-state index contributed by atoms with van der Waals surface area (Å²) in [6.45, 7) is 0.552. The average molecular weight is 586 g/mol. The van der Waals surface area contributed by atoms with Crippen LogP contribution in [0.4, 0.5) is 0 Å². The molecule has 2 N–H and O–H groups in total. The first-order valence-electron chi connectivity index (χ1n) is 12.8. The van der Waals surface area contributed by atoms with Crippen LogP contribution < -0.4 is 14.8 Å². The molecule has 6 nitrogen and oxygen atoms in total. The number of carbonyl (C=O) groups is 2. The van der Waals surface area contributed by atoms with Crippen LogP contribution in [0.5, 0.6) is 17.2 Å². The molecule has 0 spiro atoms. The van der Waals surface area contributed by atoms with Crippen LogP contribution in [-0.2, 0) is 11.2 Å². The number of amides is 1. The lowest BCUT2D eigenvalue weighted by Crippen LogP contribution is -2.42. The van der Waals surface area contributed by atoms with Crippen molar-refractivity contribution in [3.05, 3.63) is 113 Å². The van der Waals surface area contributed by atoms with E-state index in [2.05, 4.69) is 21.2 Å². The topological polar surface area (TPSA) is 84.9 Å². The quantitative estimate of drug-likeness (QED) is 0.196. The van der Waals surface area contributed by atoms with Crippen molar-refractivity contribution in [2.24, 2.45) is 5.92 Å². The lowest BCUT2D eigenvalue weighted by molar-refractivity contribution is -0.139. The van der Waals surface area contributed by atoms with Gasteiger partial charge in [0.2, 0.25) is 0 Å². The first-order chi connectivity index (χ1) is 19.0.